The summed E-state index contributed by atoms with van der Waals surface area (Å²) in [4.78, 5) is 5.11. The van der Waals surface area contributed by atoms with Crippen molar-refractivity contribution in [2.24, 2.45) is 0 Å². The fourth-order valence-corrected chi connectivity index (χ4v) is 14.6. The standard InChI is InChI=1S/C56H59FN6O9S3/c1-35(71-53-20-23-61-48-28-39(67-2)14-18-44(48)53)37-9-7-10-42(27-37)74(59,65)34-62-24-21-52(46-30-47(57)55(69-4)31-49(46)62)70-33-36-8-6-11-43(26-36)75(60,66)56-32-51(56)63-25-22-54(45-19-15-40(68-3)29-50(45)63)72-38-12-16-41(17-13-38)73(5,58)64/h6-11,14-15,18-31,35,38,41,51,56,58-60H,12-13,16-17,32-34H2,1-5H3/q+2/t35-,38?,41?,51?,56?,73?,74?,75?/m0/s1. The molecule has 8 aromatic rings. The van der Waals surface area contributed by atoms with Gasteiger partial charge >= 0.3 is 0 Å². The van der Waals surface area contributed by atoms with Crippen LogP contribution in [0.1, 0.15) is 62.3 Å². The molecule has 2 aliphatic carbocycles. The summed E-state index contributed by atoms with van der Waals surface area (Å²) in [6.45, 7) is 1.88. The van der Waals surface area contributed by atoms with Crippen molar-refractivity contribution in [2.75, 3.05) is 27.6 Å². The number of nitrogens with zero attached hydrogens (tertiary/aromatic N) is 3. The minimum atomic E-state index is -3.51. The number of benzene rings is 5. The van der Waals surface area contributed by atoms with E-state index in [4.69, 9.17) is 33.2 Å². The first-order valence-corrected chi connectivity index (χ1v) is 29.9. The molecule has 5 unspecified atom stereocenters. The average molecular weight is 1080 g/mol. The van der Waals surface area contributed by atoms with Gasteiger partial charge < -0.3 is 28.4 Å². The van der Waals surface area contributed by atoms with Crippen LogP contribution in [0.5, 0.6) is 34.5 Å². The minimum Gasteiger partial charge on any atom is -0.497 e. The monoisotopic (exact) mass is 1070 g/mol. The van der Waals surface area contributed by atoms with Crippen LogP contribution in [0.2, 0.25) is 0 Å². The molecule has 3 aromatic heterocycles. The Kier molecular flexibility index (Phi) is 14.1. The summed E-state index contributed by atoms with van der Waals surface area (Å²) in [7, 11) is -4.90. The van der Waals surface area contributed by atoms with E-state index in [0.29, 0.717) is 98.2 Å². The van der Waals surface area contributed by atoms with E-state index in [-0.39, 0.29) is 35.6 Å². The van der Waals surface area contributed by atoms with Gasteiger partial charge in [-0.15, -0.1) is 0 Å². The molecule has 2 fully saturated rings. The molecule has 2 saturated carbocycles. The van der Waals surface area contributed by atoms with Crippen LogP contribution in [0.25, 0.3) is 32.7 Å². The number of rotatable bonds is 18. The van der Waals surface area contributed by atoms with Gasteiger partial charge in [-0.25, -0.2) is 26.6 Å². The molecule has 75 heavy (non-hydrogen) atoms. The first-order valence-electron chi connectivity index (χ1n) is 24.5. The second-order valence-corrected chi connectivity index (χ2v) is 26.1. The molecule has 2 aliphatic rings. The van der Waals surface area contributed by atoms with Gasteiger partial charge in [-0.3, -0.25) is 9.76 Å². The molecule has 3 N–H and O–H groups in total. The third-order valence-corrected chi connectivity index (χ3v) is 20.0. The molecular formula is C56H59FN6O9S3+2. The van der Waals surface area contributed by atoms with Gasteiger partial charge in [0.2, 0.25) is 16.9 Å². The summed E-state index contributed by atoms with van der Waals surface area (Å²) < 4.78 is 123. The molecule has 0 saturated heterocycles. The molecule has 3 heterocycles. The summed E-state index contributed by atoms with van der Waals surface area (Å²) in [6.07, 6.45) is 9.48. The van der Waals surface area contributed by atoms with E-state index in [0.717, 1.165) is 16.3 Å². The van der Waals surface area contributed by atoms with E-state index in [1.54, 1.807) is 79.7 Å². The molecule has 19 heteroatoms. The fraction of sp³-hybridized carbons (Fsp3) is 0.304. The maximum absolute atomic E-state index is 15.5. The Morgan fingerprint density at radius 2 is 1.43 bits per heavy atom. The van der Waals surface area contributed by atoms with Crippen LogP contribution in [-0.2, 0) is 41.7 Å². The van der Waals surface area contributed by atoms with Gasteiger partial charge in [-0.2, -0.15) is 9.13 Å². The van der Waals surface area contributed by atoms with Crippen LogP contribution in [0.4, 0.5) is 4.39 Å². The van der Waals surface area contributed by atoms with Gasteiger partial charge in [0.15, 0.2) is 30.0 Å². The molecule has 15 nitrogen and oxygen atoms in total. The van der Waals surface area contributed by atoms with E-state index < -0.39 is 46.4 Å². The maximum atomic E-state index is 15.5. The first-order chi connectivity index (χ1) is 35.9. The zero-order valence-electron chi connectivity index (χ0n) is 42.2. The normalized spacial score (nSPS) is 20.3. The Labute approximate surface area is 436 Å². The molecule has 10 rings (SSSR count). The minimum absolute atomic E-state index is 0.00128. The van der Waals surface area contributed by atoms with Crippen molar-refractivity contribution in [3.63, 3.8) is 0 Å². The van der Waals surface area contributed by atoms with Gasteiger partial charge in [-0.1, -0.05) is 24.3 Å². The number of ether oxygens (including phenoxy) is 6. The number of fused-ring (bicyclic) bond motifs is 3. The van der Waals surface area contributed by atoms with Crippen molar-refractivity contribution >= 4 is 61.9 Å². The summed E-state index contributed by atoms with van der Waals surface area (Å²) in [5.74, 6) is 2.00. The van der Waals surface area contributed by atoms with Crippen molar-refractivity contribution in [2.45, 2.75) is 90.1 Å². The predicted octanol–water partition coefficient (Wildman–Crippen LogP) is 10.8. The first kappa shape index (κ1) is 51.4. The summed E-state index contributed by atoms with van der Waals surface area (Å²) in [6, 6.07) is 33.1. The van der Waals surface area contributed by atoms with Crippen LogP contribution in [0, 0.1) is 20.2 Å². The van der Waals surface area contributed by atoms with Gasteiger partial charge in [0.25, 0.3) is 0 Å². The Hall–Kier alpha value is -7.09. The molecule has 6 atom stereocenters. The Morgan fingerprint density at radius 1 is 0.707 bits per heavy atom. The van der Waals surface area contributed by atoms with Crippen molar-refractivity contribution in [1.82, 2.24) is 4.98 Å². The lowest BCUT2D eigenvalue weighted by atomic mass is 9.97. The molecule has 0 spiro atoms. The van der Waals surface area contributed by atoms with E-state index in [2.05, 4.69) is 9.55 Å². The molecule has 390 valence electrons. The smallest absolute Gasteiger partial charge is 0.234 e. The Morgan fingerprint density at radius 3 is 2.17 bits per heavy atom. The van der Waals surface area contributed by atoms with Crippen LogP contribution >= 0.6 is 0 Å². The highest BCUT2D eigenvalue weighted by Gasteiger charge is 2.54. The number of hydrogen-bond donors (Lipinski definition) is 3. The second-order valence-electron chi connectivity index (χ2n) is 19.3. The van der Waals surface area contributed by atoms with Crippen LogP contribution in [0.3, 0.4) is 0 Å². The van der Waals surface area contributed by atoms with Crippen LogP contribution < -0.4 is 37.6 Å². The molecular weight excluding hydrogens is 1020 g/mol. The molecule has 0 aliphatic heterocycles. The van der Waals surface area contributed by atoms with Gasteiger partial charge in [0.05, 0.1) is 70.5 Å². The summed E-state index contributed by atoms with van der Waals surface area (Å²) >= 11 is 0. The molecule has 0 bridgehead atoms. The van der Waals surface area contributed by atoms with E-state index in [1.807, 2.05) is 67.7 Å². The summed E-state index contributed by atoms with van der Waals surface area (Å²) in [5.41, 5.74) is 3.32. The number of halogens is 1. The SMILES string of the molecule is COc1ccc2c(O[C@@H](C)c3cccc(S(=N)(=O)C[n+]4ccc(OCc5cccc(S(=N)(=O)C6CC6[n+]6ccc(OC7CCC(S(C)(=N)=O)CC7)c7ccc(OC)cc76)c5)c5cc(F)c(OC)cc54)c3)ccnc2c1. The molecule has 5 aromatic carbocycles. The lowest BCUT2D eigenvalue weighted by molar-refractivity contribution is -0.674. The molecule has 0 radical (unpaired) electrons. The van der Waals surface area contributed by atoms with Gasteiger partial charge in [0, 0.05) is 62.3 Å². The predicted molar refractivity (Wildman–Crippen MR) is 285 cm³/mol. The quantitative estimate of drug-likeness (QED) is 0.0695. The van der Waals surface area contributed by atoms with Crippen molar-refractivity contribution in [1.29, 1.82) is 14.3 Å². The number of pyridine rings is 3. The number of nitrogens with one attached hydrogen (secondary N) is 3. The van der Waals surface area contributed by atoms with E-state index in [9.17, 15) is 22.2 Å². The second kappa shape index (κ2) is 20.6. The lowest BCUT2D eigenvalue weighted by Crippen LogP contribution is -2.38. The van der Waals surface area contributed by atoms with E-state index >= 15 is 4.39 Å². The average Bonchev–Trinajstić information content (AvgIpc) is 4.22. The zero-order chi connectivity index (χ0) is 52.8. The third-order valence-electron chi connectivity index (χ3n) is 14.3. The van der Waals surface area contributed by atoms with Gasteiger partial charge in [0.1, 0.15) is 56.4 Å². The number of hydrogen-bond acceptors (Lipinski definition) is 13. The zero-order valence-corrected chi connectivity index (χ0v) is 44.6. The Bertz CT molecular complexity index is 3860. The highest BCUT2D eigenvalue weighted by atomic mass is 32.2. The van der Waals surface area contributed by atoms with Crippen LogP contribution in [0.15, 0.2) is 144 Å². The Balaban J connectivity index is 0.851. The highest BCUT2D eigenvalue weighted by molar-refractivity contribution is 7.93. The van der Waals surface area contributed by atoms with Gasteiger partial charge in [-0.05, 0) is 104 Å². The molecule has 0 amide bonds. The number of methoxy groups -OCH3 is 3. The van der Waals surface area contributed by atoms with Crippen molar-refractivity contribution in [3.8, 4) is 34.5 Å². The van der Waals surface area contributed by atoms with Crippen molar-refractivity contribution < 1.29 is 54.6 Å². The third kappa shape index (κ3) is 10.6. The summed E-state index contributed by atoms with van der Waals surface area (Å²) in [5, 5.41) is 1.39. The van der Waals surface area contributed by atoms with Crippen molar-refractivity contribution in [3.05, 3.63) is 151 Å². The highest BCUT2D eigenvalue weighted by Crippen LogP contribution is 2.44. The number of aromatic nitrogens is 3. The van der Waals surface area contributed by atoms with E-state index in [1.165, 1.54) is 25.5 Å². The fourth-order valence-electron chi connectivity index (χ4n) is 10.1. The largest absolute Gasteiger partial charge is 0.497 e. The lowest BCUT2D eigenvalue weighted by Gasteiger charge is -2.29. The maximum Gasteiger partial charge on any atom is 0.234 e. The topological polar surface area (TPSA) is 199 Å². The van der Waals surface area contributed by atoms with Crippen LogP contribution in [-0.4, -0.2) is 61.8 Å².